The number of aryl methyl sites for hydroxylation is 1. The first kappa shape index (κ1) is 21.7. The number of aromatic carboxylic acids is 1. The highest BCUT2D eigenvalue weighted by Gasteiger charge is 2.42. The zero-order chi connectivity index (χ0) is 22.3. The molecule has 162 valence electrons. The molecule has 1 aliphatic carbocycles. The first-order valence-electron chi connectivity index (χ1n) is 10.0. The molecule has 0 aliphatic heterocycles. The third kappa shape index (κ3) is 3.80. The number of benzene rings is 2. The lowest BCUT2D eigenvalue weighted by molar-refractivity contribution is 0.0696. The number of rotatable bonds is 5. The maximum atomic E-state index is 13.4. The van der Waals surface area contributed by atoms with Crippen molar-refractivity contribution in [2.24, 2.45) is 7.05 Å². The van der Waals surface area contributed by atoms with Crippen LogP contribution in [0.4, 0.5) is 0 Å². The lowest BCUT2D eigenvalue weighted by atomic mass is 9.87. The largest absolute Gasteiger partial charge is 0.478 e. The van der Waals surface area contributed by atoms with Crippen LogP contribution in [-0.2, 0) is 12.6 Å². The lowest BCUT2D eigenvalue weighted by Crippen LogP contribution is -2.45. The van der Waals surface area contributed by atoms with Gasteiger partial charge in [0.25, 0.3) is 5.91 Å². The van der Waals surface area contributed by atoms with Crippen molar-refractivity contribution >= 4 is 46.0 Å². The highest BCUT2D eigenvalue weighted by Crippen LogP contribution is 2.40. The summed E-state index contributed by atoms with van der Waals surface area (Å²) in [4.78, 5) is 24.7. The molecule has 2 atom stereocenters. The normalized spacial score (nSPS) is 20.8. The molecule has 1 heterocycles. The van der Waals surface area contributed by atoms with Gasteiger partial charge in [0.2, 0.25) is 0 Å². The van der Waals surface area contributed by atoms with Crippen LogP contribution in [0.3, 0.4) is 0 Å². The van der Waals surface area contributed by atoms with Crippen LogP contribution in [0.2, 0.25) is 10.0 Å². The summed E-state index contributed by atoms with van der Waals surface area (Å²) < 4.78 is 1.80. The van der Waals surface area contributed by atoms with Gasteiger partial charge >= 0.3 is 5.97 Å². The van der Waals surface area contributed by atoms with Crippen LogP contribution in [0, 0.1) is 0 Å². The fourth-order valence-corrected chi connectivity index (χ4v) is 4.90. The SMILES string of the molecule is CNC1CCC(NC(=O)c2cc3c(Cl)c(Cl)ccc3n2C)(c2ccc(C(=O)O)cc2)C1. The lowest BCUT2D eigenvalue weighted by Gasteiger charge is -2.32. The minimum atomic E-state index is -0.977. The van der Waals surface area contributed by atoms with Gasteiger partial charge in [0, 0.05) is 24.0 Å². The fraction of sp³-hybridized carbons (Fsp3) is 0.304. The number of nitrogens with one attached hydrogen (secondary N) is 2. The van der Waals surface area contributed by atoms with Crippen LogP contribution in [0.5, 0.6) is 0 Å². The Hall–Kier alpha value is -2.54. The molecular weight excluding hydrogens is 437 g/mol. The van der Waals surface area contributed by atoms with Gasteiger partial charge < -0.3 is 20.3 Å². The van der Waals surface area contributed by atoms with Crippen molar-refractivity contribution in [2.45, 2.75) is 30.8 Å². The van der Waals surface area contributed by atoms with Gasteiger partial charge in [-0.1, -0.05) is 35.3 Å². The van der Waals surface area contributed by atoms with Crippen LogP contribution in [-0.4, -0.2) is 34.6 Å². The first-order chi connectivity index (χ1) is 14.8. The Morgan fingerprint density at radius 1 is 1.16 bits per heavy atom. The number of hydrogen-bond acceptors (Lipinski definition) is 3. The Morgan fingerprint density at radius 2 is 1.87 bits per heavy atom. The van der Waals surface area contributed by atoms with E-state index in [1.54, 1.807) is 41.0 Å². The number of carboxylic acid groups (broad SMARTS) is 1. The number of amides is 1. The van der Waals surface area contributed by atoms with Crippen LogP contribution in [0.15, 0.2) is 42.5 Å². The predicted octanol–water partition coefficient (Wildman–Crippen LogP) is 4.58. The summed E-state index contributed by atoms with van der Waals surface area (Å²) in [5, 5.41) is 17.3. The highest BCUT2D eigenvalue weighted by atomic mass is 35.5. The summed E-state index contributed by atoms with van der Waals surface area (Å²) in [5.74, 6) is -1.19. The molecule has 1 saturated carbocycles. The van der Waals surface area contributed by atoms with Gasteiger partial charge in [-0.05, 0) is 62.2 Å². The second-order valence-corrected chi connectivity index (χ2v) is 8.82. The molecule has 1 aliphatic rings. The van der Waals surface area contributed by atoms with Crippen molar-refractivity contribution < 1.29 is 14.7 Å². The number of aromatic nitrogens is 1. The van der Waals surface area contributed by atoms with E-state index in [9.17, 15) is 14.7 Å². The zero-order valence-electron chi connectivity index (χ0n) is 17.2. The molecule has 31 heavy (non-hydrogen) atoms. The minimum Gasteiger partial charge on any atom is -0.478 e. The van der Waals surface area contributed by atoms with E-state index < -0.39 is 11.5 Å². The molecule has 3 N–H and O–H groups in total. The van der Waals surface area contributed by atoms with Crippen molar-refractivity contribution in [3.05, 3.63) is 69.3 Å². The third-order valence-electron chi connectivity index (χ3n) is 6.31. The molecule has 0 saturated heterocycles. The molecule has 4 rings (SSSR count). The summed E-state index contributed by atoms with van der Waals surface area (Å²) in [6.07, 6.45) is 2.35. The summed E-state index contributed by atoms with van der Waals surface area (Å²) in [6, 6.07) is 12.3. The Kier molecular flexibility index (Phi) is 5.73. The van der Waals surface area contributed by atoms with Crippen LogP contribution in [0.25, 0.3) is 10.9 Å². The molecule has 2 unspecified atom stereocenters. The summed E-state index contributed by atoms with van der Waals surface area (Å²) in [6.45, 7) is 0. The van der Waals surface area contributed by atoms with Crippen molar-refractivity contribution in [1.29, 1.82) is 0 Å². The molecule has 8 heteroatoms. The van der Waals surface area contributed by atoms with Gasteiger partial charge in [-0.2, -0.15) is 0 Å². The highest BCUT2D eigenvalue weighted by molar-refractivity contribution is 6.45. The van der Waals surface area contributed by atoms with E-state index in [-0.39, 0.29) is 17.5 Å². The van der Waals surface area contributed by atoms with E-state index in [1.807, 2.05) is 20.2 Å². The Bertz CT molecular complexity index is 1170. The summed E-state index contributed by atoms with van der Waals surface area (Å²) >= 11 is 12.5. The van der Waals surface area contributed by atoms with Gasteiger partial charge in [-0.15, -0.1) is 0 Å². The van der Waals surface area contributed by atoms with Crippen molar-refractivity contribution in [3.8, 4) is 0 Å². The summed E-state index contributed by atoms with van der Waals surface area (Å²) in [7, 11) is 3.73. The molecule has 6 nitrogen and oxygen atoms in total. The number of nitrogens with zero attached hydrogens (tertiary/aromatic N) is 1. The Balaban J connectivity index is 1.72. The number of halogens is 2. The molecule has 2 aromatic carbocycles. The maximum absolute atomic E-state index is 13.4. The molecule has 1 amide bonds. The molecule has 0 radical (unpaired) electrons. The molecular formula is C23H23Cl2N3O3. The van der Waals surface area contributed by atoms with Crippen LogP contribution >= 0.6 is 23.2 Å². The molecule has 0 spiro atoms. The van der Waals surface area contributed by atoms with E-state index >= 15 is 0 Å². The first-order valence-corrected chi connectivity index (χ1v) is 10.8. The number of carbonyl (C=O) groups excluding carboxylic acids is 1. The fourth-order valence-electron chi connectivity index (χ4n) is 4.52. The van der Waals surface area contributed by atoms with Crippen LogP contribution in [0.1, 0.15) is 45.7 Å². The van der Waals surface area contributed by atoms with Gasteiger partial charge in [0.15, 0.2) is 0 Å². The monoisotopic (exact) mass is 459 g/mol. The topological polar surface area (TPSA) is 83.4 Å². The zero-order valence-corrected chi connectivity index (χ0v) is 18.7. The van der Waals surface area contributed by atoms with E-state index in [1.165, 1.54) is 0 Å². The number of fused-ring (bicyclic) bond motifs is 1. The average Bonchev–Trinajstić information content (AvgIpc) is 3.33. The van der Waals surface area contributed by atoms with Crippen LogP contribution < -0.4 is 10.6 Å². The second kappa shape index (κ2) is 8.19. The molecule has 3 aromatic rings. The quantitative estimate of drug-likeness (QED) is 0.521. The Morgan fingerprint density at radius 3 is 2.48 bits per heavy atom. The molecule has 1 fully saturated rings. The van der Waals surface area contributed by atoms with E-state index in [2.05, 4.69) is 10.6 Å². The summed E-state index contributed by atoms with van der Waals surface area (Å²) in [5.41, 5.74) is 1.81. The maximum Gasteiger partial charge on any atom is 0.335 e. The standard InChI is InChI=1S/C23H23Cl2N3O3/c1-26-15-9-10-23(12-15,14-5-3-13(4-6-14)22(30)31)27-21(29)19-11-16-18(28(19)2)8-7-17(24)20(16)25/h3-8,11,15,26H,9-10,12H2,1-2H3,(H,27,29)(H,30,31). The molecule has 0 bridgehead atoms. The number of hydrogen-bond donors (Lipinski definition) is 3. The average molecular weight is 460 g/mol. The number of carbonyl (C=O) groups is 2. The number of carboxylic acids is 1. The van der Waals surface area contributed by atoms with Crippen molar-refractivity contribution in [3.63, 3.8) is 0 Å². The predicted molar refractivity (Wildman–Crippen MR) is 122 cm³/mol. The second-order valence-electron chi connectivity index (χ2n) is 8.03. The van der Waals surface area contributed by atoms with Gasteiger partial charge in [0.1, 0.15) is 5.69 Å². The van der Waals surface area contributed by atoms with Gasteiger partial charge in [-0.25, -0.2) is 4.79 Å². The smallest absolute Gasteiger partial charge is 0.335 e. The van der Waals surface area contributed by atoms with Crippen molar-refractivity contribution in [2.75, 3.05) is 7.05 Å². The van der Waals surface area contributed by atoms with Gasteiger partial charge in [-0.3, -0.25) is 4.79 Å². The minimum absolute atomic E-state index is 0.216. The Labute approximate surface area is 190 Å². The van der Waals surface area contributed by atoms with E-state index in [4.69, 9.17) is 23.2 Å². The van der Waals surface area contributed by atoms with E-state index in [0.29, 0.717) is 22.2 Å². The van der Waals surface area contributed by atoms with Crippen molar-refractivity contribution in [1.82, 2.24) is 15.2 Å². The third-order valence-corrected chi connectivity index (χ3v) is 7.12. The molecule has 1 aromatic heterocycles. The van der Waals surface area contributed by atoms with E-state index in [0.717, 1.165) is 29.3 Å². The van der Waals surface area contributed by atoms with Gasteiger partial charge in [0.05, 0.1) is 21.1 Å².